The first-order valence-electron chi connectivity index (χ1n) is 8.29. The van der Waals surface area contributed by atoms with Gasteiger partial charge in [-0.15, -0.1) is 0 Å². The number of piperidine rings is 1. The van der Waals surface area contributed by atoms with Gasteiger partial charge in [0.2, 0.25) is 0 Å². The molecular weight excluding hydrogens is 370 g/mol. The number of hydrogen-bond donors (Lipinski definition) is 1. The molecule has 1 saturated heterocycles. The van der Waals surface area contributed by atoms with Crippen LogP contribution in [-0.4, -0.2) is 33.0 Å². The van der Waals surface area contributed by atoms with Crippen LogP contribution in [0.5, 0.6) is 0 Å². The molecule has 0 saturated carbocycles. The van der Waals surface area contributed by atoms with E-state index >= 15 is 0 Å². The predicted molar refractivity (Wildman–Crippen MR) is 103 cm³/mol. The highest BCUT2D eigenvalue weighted by molar-refractivity contribution is 7.22. The van der Waals surface area contributed by atoms with Gasteiger partial charge in [0.1, 0.15) is 22.4 Å². The molecule has 3 aromatic rings. The number of aryl methyl sites for hydroxylation is 1. The molecule has 4 rings (SSSR count). The van der Waals surface area contributed by atoms with E-state index in [9.17, 15) is 5.26 Å². The van der Waals surface area contributed by atoms with E-state index in [1.54, 1.807) is 6.20 Å². The van der Waals surface area contributed by atoms with Crippen LogP contribution in [0, 0.1) is 24.2 Å². The minimum absolute atomic E-state index is 0.0472. The third kappa shape index (κ3) is 3.28. The third-order valence-electron chi connectivity index (χ3n) is 4.29. The Labute approximate surface area is 159 Å². The molecular formula is C17H16ClN7S. The molecule has 7 nitrogen and oxygen atoms in total. The van der Waals surface area contributed by atoms with E-state index in [0.29, 0.717) is 28.7 Å². The zero-order valence-corrected chi connectivity index (χ0v) is 15.7. The zero-order chi connectivity index (χ0) is 18.1. The molecule has 0 aliphatic carbocycles. The molecule has 0 spiro atoms. The molecule has 1 fully saturated rings. The Bertz CT molecular complexity index is 996. The quantitative estimate of drug-likeness (QED) is 0.730. The van der Waals surface area contributed by atoms with Gasteiger partial charge in [-0.3, -0.25) is 0 Å². The van der Waals surface area contributed by atoms with Gasteiger partial charge >= 0.3 is 0 Å². The first-order valence-corrected chi connectivity index (χ1v) is 9.49. The monoisotopic (exact) mass is 385 g/mol. The van der Waals surface area contributed by atoms with Crippen LogP contribution in [0.15, 0.2) is 18.6 Å². The molecule has 0 unspecified atom stereocenters. The van der Waals surface area contributed by atoms with E-state index in [2.05, 4.69) is 31.2 Å². The van der Waals surface area contributed by atoms with Gasteiger partial charge in [0.25, 0.3) is 0 Å². The summed E-state index contributed by atoms with van der Waals surface area (Å²) in [6, 6.07) is 4.22. The standard InChI is InChI=1S/C17H16ClN7S/c1-10-5-13(22-9-21-10)23-16-15-14(12(18)7-20-16)24-17(26-15)25-4-2-3-11(6-19)8-25/h5,7,9,11H,2-4,8H2,1H3,(H,20,21,22,23)/t11-/m0/s1. The fourth-order valence-corrected chi connectivity index (χ4v) is 4.31. The average molecular weight is 386 g/mol. The Balaban J connectivity index is 1.70. The lowest BCUT2D eigenvalue weighted by Gasteiger charge is -2.28. The molecule has 1 atom stereocenters. The summed E-state index contributed by atoms with van der Waals surface area (Å²) >= 11 is 7.86. The number of rotatable bonds is 3. The summed E-state index contributed by atoms with van der Waals surface area (Å²) < 4.78 is 0.878. The van der Waals surface area contributed by atoms with Crippen molar-refractivity contribution >= 4 is 49.9 Å². The molecule has 1 aliphatic rings. The van der Waals surface area contributed by atoms with Crippen molar-refractivity contribution in [2.24, 2.45) is 5.92 Å². The van der Waals surface area contributed by atoms with Crippen LogP contribution in [0.4, 0.5) is 16.8 Å². The van der Waals surface area contributed by atoms with Gasteiger partial charge in [0, 0.05) is 24.8 Å². The van der Waals surface area contributed by atoms with Gasteiger partial charge in [-0.05, 0) is 19.8 Å². The van der Waals surface area contributed by atoms with Gasteiger partial charge in [0.15, 0.2) is 10.9 Å². The van der Waals surface area contributed by atoms with Crippen LogP contribution in [0.3, 0.4) is 0 Å². The van der Waals surface area contributed by atoms with Crippen molar-refractivity contribution in [1.29, 1.82) is 5.26 Å². The highest BCUT2D eigenvalue weighted by Gasteiger charge is 2.23. The summed E-state index contributed by atoms with van der Waals surface area (Å²) in [7, 11) is 0. The molecule has 0 bridgehead atoms. The molecule has 9 heteroatoms. The van der Waals surface area contributed by atoms with Gasteiger partial charge in [0.05, 0.1) is 23.2 Å². The maximum absolute atomic E-state index is 9.22. The van der Waals surface area contributed by atoms with Crippen molar-refractivity contribution in [3.8, 4) is 6.07 Å². The largest absolute Gasteiger partial charge is 0.347 e. The molecule has 4 heterocycles. The van der Waals surface area contributed by atoms with Crippen molar-refractivity contribution in [2.75, 3.05) is 23.3 Å². The van der Waals surface area contributed by atoms with Crippen LogP contribution < -0.4 is 10.2 Å². The molecule has 3 aromatic heterocycles. The lowest BCUT2D eigenvalue weighted by atomic mass is 10.0. The Morgan fingerprint density at radius 1 is 1.38 bits per heavy atom. The molecule has 26 heavy (non-hydrogen) atoms. The lowest BCUT2D eigenvalue weighted by molar-refractivity contribution is 0.493. The number of fused-ring (bicyclic) bond motifs is 1. The predicted octanol–water partition coefficient (Wildman–Crippen LogP) is 3.93. The zero-order valence-electron chi connectivity index (χ0n) is 14.1. The Morgan fingerprint density at radius 3 is 3.08 bits per heavy atom. The van der Waals surface area contributed by atoms with Crippen LogP contribution in [-0.2, 0) is 0 Å². The molecule has 0 aromatic carbocycles. The SMILES string of the molecule is Cc1cc(Nc2ncc(Cl)c3nc(N4CCC[C@@H](C#N)C4)sc23)ncn1. The number of aromatic nitrogens is 4. The number of nitriles is 1. The number of thiazole rings is 1. The van der Waals surface area contributed by atoms with Crippen LogP contribution in [0.2, 0.25) is 5.02 Å². The first-order chi connectivity index (χ1) is 12.6. The van der Waals surface area contributed by atoms with Crippen molar-refractivity contribution in [3.63, 3.8) is 0 Å². The summed E-state index contributed by atoms with van der Waals surface area (Å²) in [5.74, 6) is 1.39. The summed E-state index contributed by atoms with van der Waals surface area (Å²) in [6.45, 7) is 3.51. The van der Waals surface area contributed by atoms with Crippen LogP contribution in [0.1, 0.15) is 18.5 Å². The van der Waals surface area contributed by atoms with E-state index in [0.717, 1.165) is 34.9 Å². The van der Waals surface area contributed by atoms with E-state index in [4.69, 9.17) is 16.6 Å². The van der Waals surface area contributed by atoms with Crippen molar-refractivity contribution in [3.05, 3.63) is 29.3 Å². The van der Waals surface area contributed by atoms with Gasteiger partial charge in [-0.25, -0.2) is 19.9 Å². The second-order valence-electron chi connectivity index (χ2n) is 6.21. The van der Waals surface area contributed by atoms with Gasteiger partial charge < -0.3 is 10.2 Å². The number of nitrogens with one attached hydrogen (secondary N) is 1. The van der Waals surface area contributed by atoms with E-state index in [1.165, 1.54) is 17.7 Å². The average Bonchev–Trinajstić information content (AvgIpc) is 3.11. The number of hydrogen-bond acceptors (Lipinski definition) is 8. The summed E-state index contributed by atoms with van der Waals surface area (Å²) in [4.78, 5) is 19.6. The summed E-state index contributed by atoms with van der Waals surface area (Å²) in [6.07, 6.45) is 5.04. The fraction of sp³-hybridized carbons (Fsp3) is 0.353. The smallest absolute Gasteiger partial charge is 0.186 e. The van der Waals surface area contributed by atoms with E-state index < -0.39 is 0 Å². The fourth-order valence-electron chi connectivity index (χ4n) is 3.00. The van der Waals surface area contributed by atoms with E-state index in [-0.39, 0.29) is 5.92 Å². The minimum Gasteiger partial charge on any atom is -0.347 e. The van der Waals surface area contributed by atoms with Crippen molar-refractivity contribution in [1.82, 2.24) is 19.9 Å². The molecule has 132 valence electrons. The Kier molecular flexibility index (Phi) is 4.57. The topological polar surface area (TPSA) is 90.6 Å². The summed E-state index contributed by atoms with van der Waals surface area (Å²) in [5.41, 5.74) is 1.59. The highest BCUT2D eigenvalue weighted by Crippen LogP contribution is 2.38. The highest BCUT2D eigenvalue weighted by atomic mass is 35.5. The maximum Gasteiger partial charge on any atom is 0.186 e. The molecule has 0 radical (unpaired) electrons. The number of halogens is 1. The maximum atomic E-state index is 9.22. The van der Waals surface area contributed by atoms with Crippen LogP contribution in [0.25, 0.3) is 10.2 Å². The van der Waals surface area contributed by atoms with E-state index in [1.807, 2.05) is 13.0 Å². The molecule has 0 amide bonds. The molecule has 1 N–H and O–H groups in total. The second kappa shape index (κ2) is 7.02. The Hall–Kier alpha value is -2.50. The first kappa shape index (κ1) is 16.9. The Morgan fingerprint density at radius 2 is 2.27 bits per heavy atom. The normalized spacial score (nSPS) is 17.3. The number of nitrogens with zero attached hydrogens (tertiary/aromatic N) is 6. The number of pyridine rings is 1. The lowest BCUT2D eigenvalue weighted by Crippen LogP contribution is -2.34. The minimum atomic E-state index is 0.0472. The third-order valence-corrected chi connectivity index (χ3v) is 5.69. The molecule has 1 aliphatic heterocycles. The second-order valence-corrected chi connectivity index (χ2v) is 7.60. The van der Waals surface area contributed by atoms with Gasteiger partial charge in [-0.2, -0.15) is 5.26 Å². The van der Waals surface area contributed by atoms with Gasteiger partial charge in [-0.1, -0.05) is 22.9 Å². The van der Waals surface area contributed by atoms with Crippen molar-refractivity contribution < 1.29 is 0 Å². The number of anilines is 3. The van der Waals surface area contributed by atoms with Crippen molar-refractivity contribution in [2.45, 2.75) is 19.8 Å². The summed E-state index contributed by atoms with van der Waals surface area (Å²) in [5, 5.41) is 13.8. The van der Waals surface area contributed by atoms with Crippen LogP contribution >= 0.6 is 22.9 Å².